The first-order valence-electron chi connectivity index (χ1n) is 10.5. The van der Waals surface area contributed by atoms with Gasteiger partial charge in [-0.1, -0.05) is 36.2 Å². The van der Waals surface area contributed by atoms with Gasteiger partial charge in [0.1, 0.15) is 11.8 Å². The number of esters is 1. The van der Waals surface area contributed by atoms with Crippen LogP contribution in [0.3, 0.4) is 0 Å². The maximum atomic E-state index is 12.7. The molecule has 0 saturated carbocycles. The summed E-state index contributed by atoms with van der Waals surface area (Å²) < 4.78 is 32.3. The zero-order chi connectivity index (χ0) is 26.2. The number of halogens is 1. The minimum Gasteiger partial charge on any atom is -0.506 e. The van der Waals surface area contributed by atoms with Crippen molar-refractivity contribution in [1.82, 2.24) is 4.72 Å². The Hall–Kier alpha value is -3.41. The lowest BCUT2D eigenvalue weighted by molar-refractivity contribution is -0.137. The molecule has 2 aromatic carbocycles. The van der Waals surface area contributed by atoms with Gasteiger partial charge in [0.2, 0.25) is 21.8 Å². The first kappa shape index (κ1) is 27.8. The molecule has 1 unspecified atom stereocenters. The van der Waals surface area contributed by atoms with Crippen molar-refractivity contribution in [3.8, 4) is 5.75 Å². The molecule has 2 rings (SSSR count). The second kappa shape index (κ2) is 12.3. The van der Waals surface area contributed by atoms with Crippen molar-refractivity contribution in [3.63, 3.8) is 0 Å². The molecule has 35 heavy (non-hydrogen) atoms. The first-order chi connectivity index (χ1) is 16.5. The van der Waals surface area contributed by atoms with Crippen LogP contribution >= 0.6 is 11.6 Å². The van der Waals surface area contributed by atoms with Crippen LogP contribution in [0.5, 0.6) is 5.75 Å². The number of amides is 2. The van der Waals surface area contributed by atoms with Gasteiger partial charge in [-0.25, -0.2) is 13.2 Å². The summed E-state index contributed by atoms with van der Waals surface area (Å²) in [6.07, 6.45) is 1.99. The Morgan fingerprint density at radius 3 is 2.31 bits per heavy atom. The molecule has 1 atom stereocenters. The van der Waals surface area contributed by atoms with E-state index in [1.807, 2.05) is 6.92 Å². The van der Waals surface area contributed by atoms with E-state index in [0.29, 0.717) is 0 Å². The predicted octanol–water partition coefficient (Wildman–Crippen LogP) is 3.11. The van der Waals surface area contributed by atoms with Gasteiger partial charge < -0.3 is 20.5 Å². The van der Waals surface area contributed by atoms with Crippen molar-refractivity contribution in [1.29, 1.82) is 0 Å². The van der Waals surface area contributed by atoms with E-state index in [9.17, 15) is 27.9 Å². The number of anilines is 2. The zero-order valence-corrected chi connectivity index (χ0v) is 20.9. The number of hydrogen-bond acceptors (Lipinski definition) is 7. The molecule has 0 fully saturated rings. The summed E-state index contributed by atoms with van der Waals surface area (Å²) in [5, 5.41) is 15.0. The molecule has 0 aliphatic rings. The number of rotatable bonds is 10. The molecule has 0 radical (unpaired) electrons. The predicted molar refractivity (Wildman–Crippen MR) is 132 cm³/mol. The van der Waals surface area contributed by atoms with E-state index in [0.717, 1.165) is 23.8 Å². The van der Waals surface area contributed by atoms with Crippen LogP contribution < -0.4 is 15.4 Å². The van der Waals surface area contributed by atoms with Crippen LogP contribution in [-0.2, 0) is 29.1 Å². The standard InChI is InChI=1S/C23H26ClN3O7S/c1-4-17(27-35(32,33)15-8-6-14(3)7-9-15)23(31)26-18-13-20(28)19(12-16(18)24)25-21(29)10-11-22(30)34-5-2/h6-13,17,27-28H,4-5H2,1-3H3,(H,25,29)(H,26,31)/b11-10+. The lowest BCUT2D eigenvalue weighted by Gasteiger charge is -2.18. The van der Waals surface area contributed by atoms with Crippen LogP contribution in [-0.4, -0.2) is 44.0 Å². The summed E-state index contributed by atoms with van der Waals surface area (Å²) >= 11 is 6.18. The molecule has 188 valence electrons. The molecule has 0 aliphatic carbocycles. The smallest absolute Gasteiger partial charge is 0.330 e. The SMILES string of the molecule is CCOC(=O)/C=C/C(=O)Nc1cc(Cl)c(NC(=O)C(CC)NS(=O)(=O)c2ccc(C)cc2)cc1O. The van der Waals surface area contributed by atoms with Crippen molar-refractivity contribution >= 4 is 50.8 Å². The number of aromatic hydroxyl groups is 1. The molecular formula is C23H26ClN3O7S. The number of ether oxygens (including phenoxy) is 1. The van der Waals surface area contributed by atoms with Crippen LogP contribution in [0.25, 0.3) is 0 Å². The number of carbonyl (C=O) groups excluding carboxylic acids is 3. The Morgan fingerprint density at radius 1 is 1.06 bits per heavy atom. The van der Waals surface area contributed by atoms with Crippen molar-refractivity contribution < 1.29 is 32.6 Å². The van der Waals surface area contributed by atoms with Crippen molar-refractivity contribution in [2.75, 3.05) is 17.2 Å². The average molecular weight is 524 g/mol. The summed E-state index contributed by atoms with van der Waals surface area (Å²) in [5.41, 5.74) is 0.818. The van der Waals surface area contributed by atoms with Gasteiger partial charge in [0, 0.05) is 18.2 Å². The zero-order valence-electron chi connectivity index (χ0n) is 19.3. The topological polar surface area (TPSA) is 151 Å². The lowest BCUT2D eigenvalue weighted by Crippen LogP contribution is -2.43. The number of hydrogen-bond donors (Lipinski definition) is 4. The average Bonchev–Trinajstić information content (AvgIpc) is 2.79. The van der Waals surface area contributed by atoms with Gasteiger partial charge in [0.15, 0.2) is 0 Å². The quantitative estimate of drug-likeness (QED) is 0.212. The molecule has 0 spiro atoms. The lowest BCUT2D eigenvalue weighted by atomic mass is 10.2. The number of carbonyl (C=O) groups is 3. The third-order valence-electron chi connectivity index (χ3n) is 4.61. The van der Waals surface area contributed by atoms with Gasteiger partial charge in [0.25, 0.3) is 0 Å². The highest BCUT2D eigenvalue weighted by atomic mass is 35.5. The number of phenols is 1. The second-order valence-corrected chi connectivity index (χ2v) is 9.43. The van der Waals surface area contributed by atoms with Crippen LogP contribution in [0, 0.1) is 6.92 Å². The van der Waals surface area contributed by atoms with Crippen LogP contribution in [0.2, 0.25) is 5.02 Å². The largest absolute Gasteiger partial charge is 0.506 e. The highest BCUT2D eigenvalue weighted by Crippen LogP contribution is 2.34. The van der Waals surface area contributed by atoms with Gasteiger partial charge >= 0.3 is 5.97 Å². The molecule has 10 nitrogen and oxygen atoms in total. The molecule has 4 N–H and O–H groups in total. The summed E-state index contributed by atoms with van der Waals surface area (Å²) in [4.78, 5) is 36.0. The molecule has 12 heteroatoms. The van der Waals surface area contributed by atoms with E-state index >= 15 is 0 Å². The maximum absolute atomic E-state index is 12.7. The number of benzene rings is 2. The summed E-state index contributed by atoms with van der Waals surface area (Å²) in [6.45, 7) is 5.22. The summed E-state index contributed by atoms with van der Waals surface area (Å²) in [5.74, 6) is -2.54. The van der Waals surface area contributed by atoms with Gasteiger partial charge in [-0.3, -0.25) is 9.59 Å². The minimum absolute atomic E-state index is 0.00205. The highest BCUT2D eigenvalue weighted by Gasteiger charge is 2.25. The molecule has 0 aromatic heterocycles. The molecular weight excluding hydrogens is 498 g/mol. The molecule has 2 amide bonds. The Morgan fingerprint density at radius 2 is 1.71 bits per heavy atom. The fraction of sp³-hybridized carbons (Fsp3) is 0.261. The van der Waals surface area contributed by atoms with E-state index in [4.69, 9.17) is 11.6 Å². The Balaban J connectivity index is 2.12. The van der Waals surface area contributed by atoms with Crippen LogP contribution in [0.4, 0.5) is 11.4 Å². The number of phenolic OH excluding ortho intramolecular Hbond substituents is 1. The van der Waals surface area contributed by atoms with Crippen LogP contribution in [0.1, 0.15) is 25.8 Å². The number of nitrogens with one attached hydrogen (secondary N) is 3. The summed E-state index contributed by atoms with van der Waals surface area (Å²) in [6, 6.07) is 7.34. The van der Waals surface area contributed by atoms with Crippen molar-refractivity contribution in [3.05, 3.63) is 59.1 Å². The number of aryl methyl sites for hydroxylation is 1. The fourth-order valence-electron chi connectivity index (χ4n) is 2.78. The van der Waals surface area contributed by atoms with E-state index < -0.39 is 39.6 Å². The maximum Gasteiger partial charge on any atom is 0.330 e. The normalized spacial score (nSPS) is 12.2. The van der Waals surface area contributed by atoms with Gasteiger partial charge in [0.05, 0.1) is 27.9 Å². The van der Waals surface area contributed by atoms with Crippen LogP contribution in [0.15, 0.2) is 53.4 Å². The van der Waals surface area contributed by atoms with E-state index in [2.05, 4.69) is 20.1 Å². The molecule has 2 aromatic rings. The monoisotopic (exact) mass is 523 g/mol. The van der Waals surface area contributed by atoms with E-state index in [-0.39, 0.29) is 34.3 Å². The fourth-order valence-corrected chi connectivity index (χ4v) is 4.27. The van der Waals surface area contributed by atoms with E-state index in [1.165, 1.54) is 18.2 Å². The highest BCUT2D eigenvalue weighted by molar-refractivity contribution is 7.89. The Labute approximate surface area is 208 Å². The second-order valence-electron chi connectivity index (χ2n) is 7.31. The van der Waals surface area contributed by atoms with Gasteiger partial charge in [-0.2, -0.15) is 4.72 Å². The van der Waals surface area contributed by atoms with Gasteiger partial charge in [-0.15, -0.1) is 0 Å². The molecule has 0 bridgehead atoms. The Bertz CT molecular complexity index is 1230. The molecule has 0 saturated heterocycles. The number of sulfonamides is 1. The summed E-state index contributed by atoms with van der Waals surface area (Å²) in [7, 11) is -3.96. The first-order valence-corrected chi connectivity index (χ1v) is 12.4. The third kappa shape index (κ3) is 8.09. The van der Waals surface area contributed by atoms with E-state index in [1.54, 1.807) is 26.0 Å². The molecule has 0 heterocycles. The van der Waals surface area contributed by atoms with Gasteiger partial charge in [-0.05, 0) is 38.5 Å². The Kier molecular flexibility index (Phi) is 9.81. The van der Waals surface area contributed by atoms with Crippen molar-refractivity contribution in [2.24, 2.45) is 0 Å². The molecule has 0 aliphatic heterocycles. The third-order valence-corrected chi connectivity index (χ3v) is 6.41. The van der Waals surface area contributed by atoms with Crippen molar-refractivity contribution in [2.45, 2.75) is 38.1 Å². The minimum atomic E-state index is -3.96.